The summed E-state index contributed by atoms with van der Waals surface area (Å²) in [5.74, 6) is -0.656. The Bertz CT molecular complexity index is 1260. The number of anilines is 1. The highest BCUT2D eigenvalue weighted by Crippen LogP contribution is 2.29. The molecule has 4 rings (SSSR count). The second kappa shape index (κ2) is 8.29. The van der Waals surface area contributed by atoms with E-state index in [1.807, 2.05) is 20.8 Å². The van der Waals surface area contributed by atoms with Gasteiger partial charge in [0.25, 0.3) is 0 Å². The zero-order valence-corrected chi connectivity index (χ0v) is 19.1. The first-order valence-electron chi connectivity index (χ1n) is 10.5. The standard InChI is InChI=1S/C23H26FN3O4S/c1-23(2,3)22-26-18-14-16(8-9-19(18)31-22)25-21(28)15-10-12-27(13-11-15)32(29,30)20-7-5-4-6-17(20)24/h4-9,14-15H,10-13H2,1-3H3,(H,25,28). The lowest BCUT2D eigenvalue weighted by atomic mass is 9.97. The highest BCUT2D eigenvalue weighted by atomic mass is 32.2. The van der Waals surface area contributed by atoms with Gasteiger partial charge in [0.05, 0.1) is 0 Å². The maximum atomic E-state index is 14.0. The first-order valence-corrected chi connectivity index (χ1v) is 12.0. The van der Waals surface area contributed by atoms with Crippen LogP contribution in [0.25, 0.3) is 11.1 Å². The number of halogens is 1. The van der Waals surface area contributed by atoms with Gasteiger partial charge >= 0.3 is 0 Å². The van der Waals surface area contributed by atoms with E-state index in [2.05, 4.69) is 10.3 Å². The van der Waals surface area contributed by atoms with E-state index in [1.165, 1.54) is 22.5 Å². The predicted molar refractivity (Wildman–Crippen MR) is 119 cm³/mol. The number of piperidine rings is 1. The molecule has 7 nitrogen and oxygen atoms in total. The van der Waals surface area contributed by atoms with Crippen LogP contribution in [0, 0.1) is 11.7 Å². The first-order chi connectivity index (χ1) is 15.1. The van der Waals surface area contributed by atoms with Gasteiger partial charge in [0.2, 0.25) is 21.8 Å². The minimum absolute atomic E-state index is 0.159. The van der Waals surface area contributed by atoms with E-state index in [1.54, 1.807) is 18.2 Å². The van der Waals surface area contributed by atoms with Crippen LogP contribution in [0.4, 0.5) is 10.1 Å². The zero-order chi connectivity index (χ0) is 23.1. The number of carbonyl (C=O) groups excluding carboxylic acids is 1. The van der Waals surface area contributed by atoms with Crippen LogP contribution in [0.15, 0.2) is 51.8 Å². The van der Waals surface area contributed by atoms with Gasteiger partial charge in [0.1, 0.15) is 16.2 Å². The van der Waals surface area contributed by atoms with Crippen LogP contribution in [-0.4, -0.2) is 36.7 Å². The number of carbonyl (C=O) groups is 1. The number of rotatable bonds is 4. The highest BCUT2D eigenvalue weighted by Gasteiger charge is 2.33. The number of fused-ring (bicyclic) bond motifs is 1. The lowest BCUT2D eigenvalue weighted by molar-refractivity contribution is -0.120. The van der Waals surface area contributed by atoms with E-state index in [9.17, 15) is 17.6 Å². The van der Waals surface area contributed by atoms with Gasteiger partial charge in [0, 0.05) is 30.1 Å². The first kappa shape index (κ1) is 22.4. The van der Waals surface area contributed by atoms with E-state index in [0.717, 1.165) is 6.07 Å². The topological polar surface area (TPSA) is 92.5 Å². The van der Waals surface area contributed by atoms with Crippen LogP contribution in [0.5, 0.6) is 0 Å². The Balaban J connectivity index is 1.41. The molecule has 2 heterocycles. The molecule has 1 aromatic heterocycles. The Morgan fingerprint density at radius 1 is 1.16 bits per heavy atom. The van der Waals surface area contributed by atoms with Crippen molar-refractivity contribution in [2.75, 3.05) is 18.4 Å². The summed E-state index contributed by atoms with van der Waals surface area (Å²) < 4.78 is 46.5. The molecule has 0 spiro atoms. The Labute approximate surface area is 186 Å². The second-order valence-electron chi connectivity index (χ2n) is 9.05. The fourth-order valence-electron chi connectivity index (χ4n) is 3.72. The third-order valence-electron chi connectivity index (χ3n) is 5.58. The van der Waals surface area contributed by atoms with Crippen molar-refractivity contribution in [3.63, 3.8) is 0 Å². The monoisotopic (exact) mass is 459 g/mol. The quantitative estimate of drug-likeness (QED) is 0.628. The van der Waals surface area contributed by atoms with Crippen LogP contribution in [0.2, 0.25) is 0 Å². The molecule has 0 aliphatic carbocycles. The minimum atomic E-state index is -3.93. The smallest absolute Gasteiger partial charge is 0.245 e. The Kier molecular flexibility index (Phi) is 5.81. The fraction of sp³-hybridized carbons (Fsp3) is 0.391. The Morgan fingerprint density at radius 3 is 2.50 bits per heavy atom. The molecule has 3 aromatic rings. The number of sulfonamides is 1. The summed E-state index contributed by atoms with van der Waals surface area (Å²) in [6.07, 6.45) is 0.722. The van der Waals surface area contributed by atoms with Crippen molar-refractivity contribution in [2.24, 2.45) is 5.92 Å². The number of nitrogens with one attached hydrogen (secondary N) is 1. The molecule has 1 N–H and O–H groups in total. The molecular weight excluding hydrogens is 433 g/mol. The molecule has 9 heteroatoms. The molecule has 1 aliphatic heterocycles. The zero-order valence-electron chi connectivity index (χ0n) is 18.3. The minimum Gasteiger partial charge on any atom is -0.440 e. The predicted octanol–water partition coefficient (Wildman–Crippen LogP) is 4.30. The van der Waals surface area contributed by atoms with Gasteiger partial charge in [-0.3, -0.25) is 4.79 Å². The Hall–Kier alpha value is -2.78. The molecule has 1 amide bonds. The average Bonchev–Trinajstić information content (AvgIpc) is 3.18. The van der Waals surface area contributed by atoms with Gasteiger partial charge in [-0.15, -0.1) is 0 Å². The molecule has 0 bridgehead atoms. The number of oxazole rings is 1. The van der Waals surface area contributed by atoms with E-state index >= 15 is 0 Å². The van der Waals surface area contributed by atoms with Crippen molar-refractivity contribution in [2.45, 2.75) is 43.9 Å². The van der Waals surface area contributed by atoms with Crippen molar-refractivity contribution < 1.29 is 22.0 Å². The lowest BCUT2D eigenvalue weighted by Crippen LogP contribution is -2.41. The van der Waals surface area contributed by atoms with Crippen LogP contribution in [0.1, 0.15) is 39.5 Å². The molecule has 2 aromatic carbocycles. The summed E-state index contributed by atoms with van der Waals surface area (Å²) >= 11 is 0. The van der Waals surface area contributed by atoms with Crippen molar-refractivity contribution in [3.8, 4) is 0 Å². The number of nitrogens with zero attached hydrogens (tertiary/aromatic N) is 2. The highest BCUT2D eigenvalue weighted by molar-refractivity contribution is 7.89. The number of hydrogen-bond acceptors (Lipinski definition) is 5. The molecule has 0 saturated carbocycles. The summed E-state index contributed by atoms with van der Waals surface area (Å²) in [7, 11) is -3.93. The van der Waals surface area contributed by atoms with Crippen LogP contribution in [0.3, 0.4) is 0 Å². The van der Waals surface area contributed by atoms with E-state index in [4.69, 9.17) is 4.42 Å². The molecule has 0 radical (unpaired) electrons. The maximum absolute atomic E-state index is 14.0. The van der Waals surface area contributed by atoms with Crippen molar-refractivity contribution in [3.05, 3.63) is 54.2 Å². The van der Waals surface area contributed by atoms with Crippen molar-refractivity contribution >= 4 is 32.7 Å². The molecule has 0 atom stereocenters. The lowest BCUT2D eigenvalue weighted by Gasteiger charge is -2.30. The summed E-state index contributed by atoms with van der Waals surface area (Å²) in [4.78, 5) is 16.9. The van der Waals surface area contributed by atoms with Crippen LogP contribution >= 0.6 is 0 Å². The number of hydrogen-bond donors (Lipinski definition) is 1. The number of benzene rings is 2. The second-order valence-corrected chi connectivity index (χ2v) is 11.0. The average molecular weight is 460 g/mol. The molecule has 1 aliphatic rings. The van der Waals surface area contributed by atoms with Crippen molar-refractivity contribution in [1.29, 1.82) is 0 Å². The van der Waals surface area contributed by atoms with Gasteiger partial charge in [-0.1, -0.05) is 32.9 Å². The normalized spacial score (nSPS) is 16.4. The molecule has 32 heavy (non-hydrogen) atoms. The molecule has 1 saturated heterocycles. The molecule has 1 fully saturated rings. The molecule has 0 unspecified atom stereocenters. The third kappa shape index (κ3) is 4.40. The van der Waals surface area contributed by atoms with Crippen LogP contribution < -0.4 is 5.32 Å². The van der Waals surface area contributed by atoms with Gasteiger partial charge in [-0.05, 0) is 43.2 Å². The van der Waals surface area contributed by atoms with E-state index in [0.29, 0.717) is 35.5 Å². The van der Waals surface area contributed by atoms with Crippen molar-refractivity contribution in [1.82, 2.24) is 9.29 Å². The number of amides is 1. The summed E-state index contributed by atoms with van der Waals surface area (Å²) in [5.41, 5.74) is 1.70. The van der Waals surface area contributed by atoms with Crippen LogP contribution in [-0.2, 0) is 20.2 Å². The molecule has 170 valence electrons. The van der Waals surface area contributed by atoms with Gasteiger partial charge in [-0.25, -0.2) is 17.8 Å². The Morgan fingerprint density at radius 2 is 1.84 bits per heavy atom. The van der Waals surface area contributed by atoms with Gasteiger partial charge in [0.15, 0.2) is 5.58 Å². The summed E-state index contributed by atoms with van der Waals surface area (Å²) in [6, 6.07) is 10.6. The SMILES string of the molecule is CC(C)(C)c1nc2cc(NC(=O)C3CCN(S(=O)(=O)c4ccccc4F)CC3)ccc2o1. The van der Waals surface area contributed by atoms with E-state index < -0.39 is 15.8 Å². The van der Waals surface area contributed by atoms with Gasteiger partial charge < -0.3 is 9.73 Å². The number of aromatic nitrogens is 1. The van der Waals surface area contributed by atoms with Gasteiger partial charge in [-0.2, -0.15) is 4.31 Å². The maximum Gasteiger partial charge on any atom is 0.245 e. The fourth-order valence-corrected chi connectivity index (χ4v) is 5.26. The van der Waals surface area contributed by atoms with E-state index in [-0.39, 0.29) is 35.2 Å². The summed E-state index contributed by atoms with van der Waals surface area (Å²) in [6.45, 7) is 6.36. The third-order valence-corrected chi connectivity index (χ3v) is 7.51. The largest absolute Gasteiger partial charge is 0.440 e. The molecular formula is C23H26FN3O4S. The summed E-state index contributed by atoms with van der Waals surface area (Å²) in [5, 5.41) is 2.90.